The predicted octanol–water partition coefficient (Wildman–Crippen LogP) is 1.19. The van der Waals surface area contributed by atoms with Gasteiger partial charge in [-0.1, -0.05) is 35.8 Å². The third-order valence-corrected chi connectivity index (χ3v) is 5.72. The Kier molecular flexibility index (Phi) is 5.11. The van der Waals surface area contributed by atoms with Crippen molar-refractivity contribution in [3.8, 4) is 0 Å². The van der Waals surface area contributed by atoms with Crippen molar-refractivity contribution < 1.29 is 13.5 Å². The van der Waals surface area contributed by atoms with E-state index in [9.17, 15) is 8.42 Å². The van der Waals surface area contributed by atoms with Gasteiger partial charge in [0, 0.05) is 11.5 Å². The molecule has 0 aliphatic carbocycles. The van der Waals surface area contributed by atoms with Crippen molar-refractivity contribution in [1.82, 2.24) is 0 Å². The first-order chi connectivity index (χ1) is 7.60. The molecule has 0 heterocycles. The molecule has 4 nitrogen and oxygen atoms in total. The number of rotatable bonds is 5. The number of sulfonamides is 1. The lowest BCUT2D eigenvalue weighted by molar-refractivity contribution is 0.322. The van der Waals surface area contributed by atoms with Gasteiger partial charge in [0.1, 0.15) is 0 Å². The molecule has 0 saturated heterocycles. The molecule has 0 radical (unpaired) electrons. The summed E-state index contributed by atoms with van der Waals surface area (Å²) < 4.78 is 27.5. The number of hydrogen-bond donors (Lipinski definition) is 1. The van der Waals surface area contributed by atoms with Crippen molar-refractivity contribution in [1.29, 1.82) is 0 Å². The Morgan fingerprint density at radius 2 is 1.94 bits per heavy atom. The lowest BCUT2D eigenvalue weighted by atomic mass is 10.4. The van der Waals surface area contributed by atoms with Crippen LogP contribution in [0.2, 0.25) is 0 Å². The highest BCUT2D eigenvalue weighted by molar-refractivity contribution is 8.00. The zero-order chi connectivity index (χ0) is 12.0. The second-order valence-corrected chi connectivity index (χ2v) is 6.97. The molecule has 6 heteroatoms. The van der Waals surface area contributed by atoms with Crippen LogP contribution in [0.3, 0.4) is 0 Å². The number of hydrogen-bond acceptors (Lipinski definition) is 3. The van der Waals surface area contributed by atoms with Crippen LogP contribution in [0.1, 0.15) is 6.92 Å². The normalized spacial score (nSPS) is 13.9. The minimum Gasteiger partial charge on any atom is -0.395 e. The highest BCUT2D eigenvalue weighted by atomic mass is 32.3. The van der Waals surface area contributed by atoms with E-state index in [-0.39, 0.29) is 11.5 Å². The quantitative estimate of drug-likeness (QED) is 0.865. The van der Waals surface area contributed by atoms with Gasteiger partial charge in [-0.25, -0.2) is 0 Å². The molecule has 1 N–H and O–H groups in total. The van der Waals surface area contributed by atoms with Crippen LogP contribution in [0.5, 0.6) is 0 Å². The van der Waals surface area contributed by atoms with Crippen LogP contribution in [-0.2, 0) is 20.7 Å². The smallest absolute Gasteiger partial charge is 0.287 e. The molecule has 0 bridgehead atoms. The molecule has 1 rings (SSSR count). The standard InChI is InChI=1S/C10H15NO3S2/c1-2-15(9-8-12)11-16(13,14)10-6-4-3-5-7-10/h3-7,12H,2,8-9H2,1H3. The van der Waals surface area contributed by atoms with E-state index in [1.807, 2.05) is 6.92 Å². The first-order valence-electron chi connectivity index (χ1n) is 4.91. The number of benzene rings is 1. The molecule has 0 spiro atoms. The van der Waals surface area contributed by atoms with Crippen molar-refractivity contribution in [2.24, 2.45) is 3.77 Å². The van der Waals surface area contributed by atoms with Crippen molar-refractivity contribution in [2.75, 3.05) is 18.1 Å². The fraction of sp³-hybridized carbons (Fsp3) is 0.400. The highest BCUT2D eigenvalue weighted by Crippen LogP contribution is 2.12. The van der Waals surface area contributed by atoms with Crippen LogP contribution >= 0.6 is 0 Å². The van der Waals surface area contributed by atoms with Gasteiger partial charge in [-0.05, 0) is 12.1 Å². The van der Waals surface area contributed by atoms with Gasteiger partial charge in [-0.3, -0.25) is 0 Å². The molecule has 1 atom stereocenters. The fourth-order valence-electron chi connectivity index (χ4n) is 1.11. The number of nitrogens with zero attached hydrogens (tertiary/aromatic N) is 1. The maximum Gasteiger partial charge on any atom is 0.287 e. The SMILES string of the molecule is CCS(CCO)=NS(=O)(=O)c1ccccc1. The van der Waals surface area contributed by atoms with E-state index >= 15 is 0 Å². The predicted molar refractivity (Wildman–Crippen MR) is 65.9 cm³/mol. The van der Waals surface area contributed by atoms with E-state index < -0.39 is 20.7 Å². The Balaban J connectivity index is 3.04. The molecule has 0 aliphatic rings. The zero-order valence-corrected chi connectivity index (χ0v) is 10.7. The monoisotopic (exact) mass is 261 g/mol. The third-order valence-electron chi connectivity index (χ3n) is 1.90. The first kappa shape index (κ1) is 13.3. The zero-order valence-electron chi connectivity index (χ0n) is 9.04. The van der Waals surface area contributed by atoms with Crippen LogP contribution in [0.4, 0.5) is 0 Å². The summed E-state index contributed by atoms with van der Waals surface area (Å²) in [5.74, 6) is 1.04. The van der Waals surface area contributed by atoms with Gasteiger partial charge in [-0.2, -0.15) is 8.42 Å². The maximum atomic E-state index is 11.8. The molecule has 90 valence electrons. The molecule has 0 aliphatic heterocycles. The molecule has 0 aromatic heterocycles. The lowest BCUT2D eigenvalue weighted by Crippen LogP contribution is -2.07. The van der Waals surface area contributed by atoms with Gasteiger partial charge in [0.15, 0.2) is 0 Å². The van der Waals surface area contributed by atoms with Crippen molar-refractivity contribution in [2.45, 2.75) is 11.8 Å². The van der Waals surface area contributed by atoms with Crippen LogP contribution in [0.15, 0.2) is 39.0 Å². The molecule has 0 saturated carbocycles. The second-order valence-electron chi connectivity index (χ2n) is 3.04. The minimum absolute atomic E-state index is 0.0369. The largest absolute Gasteiger partial charge is 0.395 e. The average Bonchev–Trinajstić information content (AvgIpc) is 2.29. The lowest BCUT2D eigenvalue weighted by Gasteiger charge is -2.03. The Labute approximate surface area is 98.5 Å². The highest BCUT2D eigenvalue weighted by Gasteiger charge is 2.12. The van der Waals surface area contributed by atoms with Gasteiger partial charge in [0.05, 0.1) is 11.5 Å². The topological polar surface area (TPSA) is 66.7 Å². The van der Waals surface area contributed by atoms with Gasteiger partial charge < -0.3 is 5.11 Å². The van der Waals surface area contributed by atoms with Gasteiger partial charge in [0.25, 0.3) is 10.0 Å². The summed E-state index contributed by atoms with van der Waals surface area (Å²) in [5.41, 5.74) is 0. The Morgan fingerprint density at radius 3 is 2.44 bits per heavy atom. The van der Waals surface area contributed by atoms with E-state index in [0.29, 0.717) is 11.5 Å². The average molecular weight is 261 g/mol. The summed E-state index contributed by atoms with van der Waals surface area (Å²) in [6.45, 7) is 1.83. The molecule has 0 amide bonds. The second kappa shape index (κ2) is 6.12. The Bertz CT molecular complexity index is 454. The van der Waals surface area contributed by atoms with Crippen LogP contribution in [0.25, 0.3) is 0 Å². The molecular weight excluding hydrogens is 246 g/mol. The third kappa shape index (κ3) is 3.70. The summed E-state index contributed by atoms with van der Waals surface area (Å²) in [4.78, 5) is 0.207. The first-order valence-corrected chi connectivity index (χ1v) is 7.87. The molecule has 1 aromatic carbocycles. The summed E-state index contributed by atoms with van der Waals surface area (Å²) in [6.07, 6.45) is 0. The van der Waals surface area contributed by atoms with Gasteiger partial charge in [-0.15, -0.1) is 3.77 Å². The summed E-state index contributed by atoms with van der Waals surface area (Å²) in [6, 6.07) is 8.13. The number of aliphatic hydroxyl groups excluding tert-OH is 1. The van der Waals surface area contributed by atoms with E-state index in [1.165, 1.54) is 12.1 Å². The van der Waals surface area contributed by atoms with Crippen LogP contribution < -0.4 is 0 Å². The minimum atomic E-state index is -3.57. The van der Waals surface area contributed by atoms with Gasteiger partial charge in [0.2, 0.25) is 0 Å². The van der Waals surface area contributed by atoms with Crippen LogP contribution in [0, 0.1) is 0 Å². The van der Waals surface area contributed by atoms with E-state index in [4.69, 9.17) is 5.11 Å². The molecule has 1 aromatic rings. The summed E-state index contributed by atoms with van der Waals surface area (Å²) in [7, 11) is -4.18. The van der Waals surface area contributed by atoms with Crippen molar-refractivity contribution in [3.05, 3.63) is 30.3 Å². The summed E-state index contributed by atoms with van der Waals surface area (Å²) >= 11 is 0. The van der Waals surface area contributed by atoms with Gasteiger partial charge >= 0.3 is 0 Å². The Hall–Kier alpha value is -0.720. The molecule has 1 unspecified atom stereocenters. The summed E-state index contributed by atoms with van der Waals surface area (Å²) in [5, 5.41) is 8.79. The van der Waals surface area contributed by atoms with E-state index in [1.54, 1.807) is 18.2 Å². The van der Waals surface area contributed by atoms with Crippen molar-refractivity contribution >= 4 is 20.7 Å². The van der Waals surface area contributed by atoms with E-state index in [0.717, 1.165) is 0 Å². The van der Waals surface area contributed by atoms with E-state index in [2.05, 4.69) is 3.77 Å². The maximum absolute atomic E-state index is 11.8. The Morgan fingerprint density at radius 1 is 1.31 bits per heavy atom. The van der Waals surface area contributed by atoms with Crippen molar-refractivity contribution in [3.63, 3.8) is 0 Å². The molecule has 0 fully saturated rings. The fourth-order valence-corrected chi connectivity index (χ4v) is 4.29. The number of aliphatic hydroxyl groups is 1. The van der Waals surface area contributed by atoms with Crippen LogP contribution in [-0.4, -0.2) is 31.6 Å². The molecule has 16 heavy (non-hydrogen) atoms. The molecular formula is C10H15NO3S2.